The molecule has 1 heterocycles. The standard InChI is InChI=1S/C29H30N2O2/c1-18-11-16-23(20(3)17-18)25-26(30-22-14-12-21(13-15-22)29(4,5)6)28(33)31(27(25)32)24-10-8-7-9-19(24)2/h7-17,30H,1-6H3. The van der Waals surface area contributed by atoms with Gasteiger partial charge in [0.2, 0.25) is 0 Å². The van der Waals surface area contributed by atoms with Gasteiger partial charge in [-0.1, -0.05) is 74.9 Å². The van der Waals surface area contributed by atoms with Gasteiger partial charge in [-0.3, -0.25) is 9.59 Å². The number of anilines is 2. The van der Waals surface area contributed by atoms with Crippen LogP contribution in [0.4, 0.5) is 11.4 Å². The molecule has 0 saturated carbocycles. The third-order valence-corrected chi connectivity index (χ3v) is 6.11. The van der Waals surface area contributed by atoms with Gasteiger partial charge in [-0.15, -0.1) is 0 Å². The third kappa shape index (κ3) is 4.21. The van der Waals surface area contributed by atoms with Crippen LogP contribution >= 0.6 is 0 Å². The summed E-state index contributed by atoms with van der Waals surface area (Å²) in [6.45, 7) is 12.4. The average Bonchev–Trinajstić information content (AvgIpc) is 2.98. The first kappa shape index (κ1) is 22.5. The van der Waals surface area contributed by atoms with Crippen LogP contribution in [0.5, 0.6) is 0 Å². The van der Waals surface area contributed by atoms with E-state index in [1.807, 2.05) is 75.4 Å². The summed E-state index contributed by atoms with van der Waals surface area (Å²) in [6, 6.07) is 21.4. The summed E-state index contributed by atoms with van der Waals surface area (Å²) in [5.41, 5.74) is 7.02. The third-order valence-electron chi connectivity index (χ3n) is 6.11. The molecule has 3 aromatic carbocycles. The van der Waals surface area contributed by atoms with E-state index in [9.17, 15) is 9.59 Å². The highest BCUT2D eigenvalue weighted by atomic mass is 16.2. The van der Waals surface area contributed by atoms with Crippen molar-refractivity contribution in [2.75, 3.05) is 10.2 Å². The number of aryl methyl sites for hydroxylation is 3. The van der Waals surface area contributed by atoms with Gasteiger partial charge in [-0.25, -0.2) is 4.90 Å². The van der Waals surface area contributed by atoms with Crippen LogP contribution in [0.15, 0.2) is 72.4 Å². The molecule has 1 aliphatic heterocycles. The molecule has 0 atom stereocenters. The number of para-hydroxylation sites is 1. The van der Waals surface area contributed by atoms with Crippen LogP contribution in [0, 0.1) is 20.8 Å². The molecular formula is C29H30N2O2. The molecule has 0 unspecified atom stereocenters. The van der Waals surface area contributed by atoms with Gasteiger partial charge >= 0.3 is 0 Å². The van der Waals surface area contributed by atoms with E-state index in [1.165, 1.54) is 10.5 Å². The summed E-state index contributed by atoms with van der Waals surface area (Å²) in [5, 5.41) is 3.28. The Balaban J connectivity index is 1.83. The first-order valence-electron chi connectivity index (χ1n) is 11.2. The van der Waals surface area contributed by atoms with E-state index in [-0.39, 0.29) is 17.2 Å². The van der Waals surface area contributed by atoms with E-state index in [2.05, 4.69) is 38.2 Å². The zero-order chi connectivity index (χ0) is 23.9. The van der Waals surface area contributed by atoms with Crippen molar-refractivity contribution >= 4 is 28.8 Å². The van der Waals surface area contributed by atoms with Crippen LogP contribution in [0.2, 0.25) is 0 Å². The van der Waals surface area contributed by atoms with Gasteiger partial charge in [0.05, 0.1) is 11.3 Å². The maximum atomic E-state index is 13.7. The Morgan fingerprint density at radius 1 is 0.758 bits per heavy atom. The first-order chi connectivity index (χ1) is 15.6. The molecule has 4 rings (SSSR count). The molecule has 3 aromatic rings. The predicted molar refractivity (Wildman–Crippen MR) is 135 cm³/mol. The molecule has 0 saturated heterocycles. The van der Waals surface area contributed by atoms with Gasteiger partial charge in [-0.05, 0) is 66.6 Å². The molecule has 4 nitrogen and oxygen atoms in total. The van der Waals surface area contributed by atoms with Gasteiger partial charge in [0.25, 0.3) is 11.8 Å². The molecular weight excluding hydrogens is 408 g/mol. The van der Waals surface area contributed by atoms with E-state index in [1.54, 1.807) is 0 Å². The molecule has 1 N–H and O–H groups in total. The maximum Gasteiger partial charge on any atom is 0.282 e. The van der Waals surface area contributed by atoms with Crippen molar-refractivity contribution in [1.82, 2.24) is 0 Å². The molecule has 0 fully saturated rings. The van der Waals surface area contributed by atoms with Crippen LogP contribution in [-0.2, 0) is 15.0 Å². The lowest BCUT2D eigenvalue weighted by Gasteiger charge is -2.19. The highest BCUT2D eigenvalue weighted by molar-refractivity contribution is 6.46. The van der Waals surface area contributed by atoms with Crippen LogP contribution in [0.25, 0.3) is 5.57 Å². The number of nitrogens with one attached hydrogen (secondary N) is 1. The van der Waals surface area contributed by atoms with Crippen molar-refractivity contribution < 1.29 is 9.59 Å². The fourth-order valence-corrected chi connectivity index (χ4v) is 4.22. The number of carbonyl (C=O) groups is 2. The Hall–Kier alpha value is -3.66. The number of rotatable bonds is 4. The van der Waals surface area contributed by atoms with Crippen LogP contribution in [0.1, 0.15) is 48.6 Å². The number of benzene rings is 3. The van der Waals surface area contributed by atoms with E-state index in [0.29, 0.717) is 17.0 Å². The summed E-state index contributed by atoms with van der Waals surface area (Å²) in [4.78, 5) is 28.6. The normalized spacial score (nSPS) is 14.3. The summed E-state index contributed by atoms with van der Waals surface area (Å²) >= 11 is 0. The smallest absolute Gasteiger partial charge is 0.282 e. The molecule has 0 spiro atoms. The van der Waals surface area contributed by atoms with Crippen molar-refractivity contribution in [1.29, 1.82) is 0 Å². The van der Waals surface area contributed by atoms with E-state index < -0.39 is 0 Å². The summed E-state index contributed by atoms with van der Waals surface area (Å²) < 4.78 is 0. The maximum absolute atomic E-state index is 13.7. The largest absolute Gasteiger partial charge is 0.350 e. The fraction of sp³-hybridized carbons (Fsp3) is 0.241. The molecule has 2 amide bonds. The van der Waals surface area contributed by atoms with E-state index >= 15 is 0 Å². The van der Waals surface area contributed by atoms with Gasteiger partial charge in [0.15, 0.2) is 0 Å². The number of nitrogens with zero attached hydrogens (tertiary/aromatic N) is 1. The van der Waals surface area contributed by atoms with Crippen LogP contribution in [0.3, 0.4) is 0 Å². The molecule has 0 radical (unpaired) electrons. The van der Waals surface area contributed by atoms with Crippen molar-refractivity contribution in [2.24, 2.45) is 0 Å². The molecule has 0 aliphatic carbocycles. The lowest BCUT2D eigenvalue weighted by atomic mass is 9.87. The topological polar surface area (TPSA) is 49.4 Å². The second-order valence-corrected chi connectivity index (χ2v) is 9.75. The Morgan fingerprint density at radius 2 is 1.42 bits per heavy atom. The lowest BCUT2D eigenvalue weighted by molar-refractivity contribution is -0.120. The number of hydrogen-bond acceptors (Lipinski definition) is 3. The minimum Gasteiger partial charge on any atom is -0.350 e. The minimum absolute atomic E-state index is 0.0305. The lowest BCUT2D eigenvalue weighted by Crippen LogP contribution is -2.33. The van der Waals surface area contributed by atoms with E-state index in [0.717, 1.165) is 27.9 Å². The Bertz CT molecular complexity index is 1280. The highest BCUT2D eigenvalue weighted by Crippen LogP contribution is 2.36. The molecule has 33 heavy (non-hydrogen) atoms. The van der Waals surface area contributed by atoms with E-state index in [4.69, 9.17) is 0 Å². The minimum atomic E-state index is -0.343. The second-order valence-electron chi connectivity index (χ2n) is 9.75. The predicted octanol–water partition coefficient (Wildman–Crippen LogP) is 6.31. The zero-order valence-corrected chi connectivity index (χ0v) is 20.1. The van der Waals surface area contributed by atoms with Gasteiger partial charge in [-0.2, -0.15) is 0 Å². The molecule has 1 aliphatic rings. The second kappa shape index (κ2) is 8.36. The van der Waals surface area contributed by atoms with Crippen molar-refractivity contribution in [2.45, 2.75) is 47.0 Å². The molecule has 4 heteroatoms. The summed E-state index contributed by atoms with van der Waals surface area (Å²) in [5.74, 6) is -0.653. The van der Waals surface area contributed by atoms with Crippen LogP contribution < -0.4 is 10.2 Å². The van der Waals surface area contributed by atoms with Crippen molar-refractivity contribution in [3.8, 4) is 0 Å². The molecule has 0 bridgehead atoms. The average molecular weight is 439 g/mol. The molecule has 0 aromatic heterocycles. The monoisotopic (exact) mass is 438 g/mol. The Kier molecular flexibility index (Phi) is 5.71. The van der Waals surface area contributed by atoms with Crippen molar-refractivity contribution in [3.05, 3.63) is 100 Å². The number of hydrogen-bond donors (Lipinski definition) is 1. The van der Waals surface area contributed by atoms with Gasteiger partial charge in [0.1, 0.15) is 5.70 Å². The van der Waals surface area contributed by atoms with Gasteiger partial charge in [0, 0.05) is 5.69 Å². The zero-order valence-electron chi connectivity index (χ0n) is 20.1. The number of carbonyl (C=O) groups excluding carboxylic acids is 2. The highest BCUT2D eigenvalue weighted by Gasteiger charge is 2.41. The molecule has 168 valence electrons. The Morgan fingerprint density at radius 3 is 2.03 bits per heavy atom. The quantitative estimate of drug-likeness (QED) is 0.486. The number of amides is 2. The SMILES string of the molecule is Cc1ccc(C2=C(Nc3ccc(C(C)(C)C)cc3)C(=O)N(c3ccccc3C)C2=O)c(C)c1. The van der Waals surface area contributed by atoms with Crippen LogP contribution in [-0.4, -0.2) is 11.8 Å². The van der Waals surface area contributed by atoms with Crippen molar-refractivity contribution in [3.63, 3.8) is 0 Å². The Labute approximate surface area is 195 Å². The summed E-state index contributed by atoms with van der Waals surface area (Å²) in [6.07, 6.45) is 0. The number of imide groups is 1. The fourth-order valence-electron chi connectivity index (χ4n) is 4.22. The van der Waals surface area contributed by atoms with Gasteiger partial charge < -0.3 is 5.32 Å². The summed E-state index contributed by atoms with van der Waals surface area (Å²) in [7, 11) is 0. The first-order valence-corrected chi connectivity index (χ1v) is 11.2.